The standard InChI is InChI=1S/C14H10Cl2OS/c15-10-5-2-4-9(13(10)16)14(17)12-7-8-3-1-6-11(8)18-12/h2,4-5,7H,1,3,6H2. The molecule has 0 saturated heterocycles. The van der Waals surface area contributed by atoms with Gasteiger partial charge in [-0.3, -0.25) is 4.79 Å². The number of fused-ring (bicyclic) bond motifs is 1. The molecule has 0 saturated carbocycles. The predicted molar refractivity (Wildman–Crippen MR) is 76.2 cm³/mol. The molecule has 0 unspecified atom stereocenters. The number of hydrogen-bond acceptors (Lipinski definition) is 2. The van der Waals surface area contributed by atoms with E-state index in [-0.39, 0.29) is 5.78 Å². The first-order valence-electron chi connectivity index (χ1n) is 5.77. The lowest BCUT2D eigenvalue weighted by Gasteiger charge is -2.03. The van der Waals surface area contributed by atoms with Crippen LogP contribution in [0.1, 0.15) is 32.1 Å². The zero-order chi connectivity index (χ0) is 12.7. The van der Waals surface area contributed by atoms with Gasteiger partial charge < -0.3 is 0 Å². The third-order valence-corrected chi connectivity index (χ3v) is 5.22. The van der Waals surface area contributed by atoms with Gasteiger partial charge in [-0.05, 0) is 43.0 Å². The normalized spacial score (nSPS) is 13.7. The average Bonchev–Trinajstić information content (AvgIpc) is 2.92. The molecule has 0 amide bonds. The Hall–Kier alpha value is -0.830. The van der Waals surface area contributed by atoms with Crippen LogP contribution in [-0.4, -0.2) is 5.78 Å². The van der Waals surface area contributed by atoms with Crippen molar-refractivity contribution in [3.63, 3.8) is 0 Å². The van der Waals surface area contributed by atoms with E-state index in [0.29, 0.717) is 15.6 Å². The molecule has 0 fully saturated rings. The summed E-state index contributed by atoms with van der Waals surface area (Å²) < 4.78 is 0. The van der Waals surface area contributed by atoms with Gasteiger partial charge in [0.05, 0.1) is 14.9 Å². The van der Waals surface area contributed by atoms with Crippen LogP contribution >= 0.6 is 34.5 Å². The van der Waals surface area contributed by atoms with Gasteiger partial charge in [0.15, 0.2) is 0 Å². The van der Waals surface area contributed by atoms with Crippen LogP contribution < -0.4 is 0 Å². The zero-order valence-corrected chi connectivity index (χ0v) is 11.8. The molecule has 1 heterocycles. The van der Waals surface area contributed by atoms with Crippen molar-refractivity contribution in [1.29, 1.82) is 0 Å². The first kappa shape index (κ1) is 12.2. The minimum Gasteiger partial charge on any atom is -0.288 e. The molecule has 2 aromatic rings. The van der Waals surface area contributed by atoms with Gasteiger partial charge in [0.2, 0.25) is 5.78 Å². The van der Waals surface area contributed by atoms with Crippen molar-refractivity contribution in [3.8, 4) is 0 Å². The highest BCUT2D eigenvalue weighted by atomic mass is 35.5. The number of thiophene rings is 1. The largest absolute Gasteiger partial charge is 0.288 e. The molecule has 1 aliphatic rings. The maximum atomic E-state index is 12.4. The summed E-state index contributed by atoms with van der Waals surface area (Å²) in [6.07, 6.45) is 3.38. The van der Waals surface area contributed by atoms with E-state index in [0.717, 1.165) is 17.7 Å². The predicted octanol–water partition coefficient (Wildman–Crippen LogP) is 4.77. The molecule has 0 spiro atoms. The van der Waals surface area contributed by atoms with E-state index in [4.69, 9.17) is 23.2 Å². The lowest BCUT2D eigenvalue weighted by Crippen LogP contribution is -1.99. The SMILES string of the molecule is O=C(c1cc2c(s1)CCC2)c1cccc(Cl)c1Cl. The van der Waals surface area contributed by atoms with Crippen molar-refractivity contribution in [2.45, 2.75) is 19.3 Å². The van der Waals surface area contributed by atoms with Gasteiger partial charge in [0, 0.05) is 10.4 Å². The minimum atomic E-state index is -0.0260. The summed E-state index contributed by atoms with van der Waals surface area (Å²) in [5.41, 5.74) is 1.81. The molecular formula is C14H10Cl2OS. The molecule has 1 aromatic carbocycles. The van der Waals surface area contributed by atoms with E-state index in [1.54, 1.807) is 29.5 Å². The topological polar surface area (TPSA) is 17.1 Å². The number of carbonyl (C=O) groups excluding carboxylic acids is 1. The third-order valence-electron chi connectivity index (χ3n) is 3.17. The second kappa shape index (κ2) is 4.69. The Morgan fingerprint density at radius 1 is 1.22 bits per heavy atom. The van der Waals surface area contributed by atoms with Gasteiger partial charge in [-0.25, -0.2) is 0 Å². The van der Waals surface area contributed by atoms with Crippen LogP contribution in [0, 0.1) is 0 Å². The Morgan fingerprint density at radius 2 is 2.06 bits per heavy atom. The molecule has 0 N–H and O–H groups in total. The van der Waals surface area contributed by atoms with E-state index in [1.807, 2.05) is 6.07 Å². The molecule has 0 radical (unpaired) electrons. The summed E-state index contributed by atoms with van der Waals surface area (Å²) in [5, 5.41) is 0.768. The Kier molecular flexibility index (Phi) is 3.18. The fourth-order valence-corrected chi connectivity index (χ4v) is 3.85. The van der Waals surface area contributed by atoms with Gasteiger partial charge in [-0.2, -0.15) is 0 Å². The Morgan fingerprint density at radius 3 is 2.83 bits per heavy atom. The van der Waals surface area contributed by atoms with Gasteiger partial charge in [0.25, 0.3) is 0 Å². The smallest absolute Gasteiger partial charge is 0.204 e. The van der Waals surface area contributed by atoms with Crippen molar-refractivity contribution in [2.24, 2.45) is 0 Å². The van der Waals surface area contributed by atoms with Crippen LogP contribution in [0.5, 0.6) is 0 Å². The lowest BCUT2D eigenvalue weighted by atomic mass is 10.1. The summed E-state index contributed by atoms with van der Waals surface area (Å²) in [4.78, 5) is 14.5. The van der Waals surface area contributed by atoms with Gasteiger partial charge in [-0.1, -0.05) is 29.3 Å². The molecule has 4 heteroatoms. The van der Waals surface area contributed by atoms with E-state index in [1.165, 1.54) is 16.9 Å². The van der Waals surface area contributed by atoms with Crippen molar-refractivity contribution in [2.75, 3.05) is 0 Å². The Bertz CT molecular complexity index is 609. The summed E-state index contributed by atoms with van der Waals surface area (Å²) in [5.74, 6) is -0.0260. The fraction of sp³-hybridized carbons (Fsp3) is 0.214. The summed E-state index contributed by atoms with van der Waals surface area (Å²) in [7, 11) is 0. The molecule has 1 aliphatic carbocycles. The summed E-state index contributed by atoms with van der Waals surface area (Å²) >= 11 is 13.6. The van der Waals surface area contributed by atoms with Crippen molar-refractivity contribution >= 4 is 40.3 Å². The number of aryl methyl sites for hydroxylation is 2. The number of benzene rings is 1. The Balaban J connectivity index is 2.01. The second-order valence-electron chi connectivity index (χ2n) is 4.34. The second-order valence-corrected chi connectivity index (χ2v) is 6.27. The molecule has 0 bridgehead atoms. The first-order valence-corrected chi connectivity index (χ1v) is 7.34. The first-order chi connectivity index (χ1) is 8.66. The van der Waals surface area contributed by atoms with Crippen molar-refractivity contribution < 1.29 is 4.79 Å². The maximum absolute atomic E-state index is 12.4. The Labute approximate surface area is 119 Å². The molecule has 0 aliphatic heterocycles. The number of ketones is 1. The highest BCUT2D eigenvalue weighted by Crippen LogP contribution is 2.34. The molecule has 18 heavy (non-hydrogen) atoms. The van der Waals surface area contributed by atoms with Gasteiger partial charge >= 0.3 is 0 Å². The maximum Gasteiger partial charge on any atom is 0.204 e. The molecule has 0 atom stereocenters. The molecular weight excluding hydrogens is 287 g/mol. The number of hydrogen-bond donors (Lipinski definition) is 0. The van der Waals surface area contributed by atoms with Crippen LogP contribution in [-0.2, 0) is 12.8 Å². The molecule has 1 nitrogen and oxygen atoms in total. The number of carbonyl (C=O) groups is 1. The van der Waals surface area contributed by atoms with Crippen LogP contribution in [0.2, 0.25) is 10.0 Å². The van der Waals surface area contributed by atoms with Gasteiger partial charge in [-0.15, -0.1) is 11.3 Å². The molecule has 3 rings (SSSR count). The van der Waals surface area contributed by atoms with Crippen molar-refractivity contribution in [1.82, 2.24) is 0 Å². The minimum absolute atomic E-state index is 0.0260. The van der Waals surface area contributed by atoms with E-state index in [2.05, 4.69) is 0 Å². The van der Waals surface area contributed by atoms with E-state index >= 15 is 0 Å². The van der Waals surface area contributed by atoms with Crippen LogP contribution in [0.4, 0.5) is 0 Å². The zero-order valence-electron chi connectivity index (χ0n) is 9.50. The molecule has 1 aromatic heterocycles. The fourth-order valence-electron chi connectivity index (χ4n) is 2.25. The summed E-state index contributed by atoms with van der Waals surface area (Å²) in [6.45, 7) is 0. The lowest BCUT2D eigenvalue weighted by molar-refractivity contribution is 0.104. The van der Waals surface area contributed by atoms with Crippen molar-refractivity contribution in [3.05, 3.63) is 55.2 Å². The number of halogens is 2. The number of rotatable bonds is 2. The average molecular weight is 297 g/mol. The van der Waals surface area contributed by atoms with Crippen LogP contribution in [0.25, 0.3) is 0 Å². The highest BCUT2D eigenvalue weighted by molar-refractivity contribution is 7.14. The van der Waals surface area contributed by atoms with Gasteiger partial charge in [0.1, 0.15) is 0 Å². The van der Waals surface area contributed by atoms with Crippen LogP contribution in [0.15, 0.2) is 24.3 Å². The quantitative estimate of drug-likeness (QED) is 0.729. The van der Waals surface area contributed by atoms with Crippen LogP contribution in [0.3, 0.4) is 0 Å². The third kappa shape index (κ3) is 1.99. The van der Waals surface area contributed by atoms with E-state index in [9.17, 15) is 4.79 Å². The highest BCUT2D eigenvalue weighted by Gasteiger charge is 2.21. The molecule has 92 valence electrons. The van der Waals surface area contributed by atoms with E-state index < -0.39 is 0 Å². The summed E-state index contributed by atoms with van der Waals surface area (Å²) in [6, 6.07) is 7.17. The monoisotopic (exact) mass is 296 g/mol.